The van der Waals surface area contributed by atoms with Crippen LogP contribution in [0, 0.1) is 6.92 Å². The van der Waals surface area contributed by atoms with Gasteiger partial charge in [-0.2, -0.15) is 0 Å². The van der Waals surface area contributed by atoms with E-state index in [0.717, 1.165) is 11.5 Å². The third kappa shape index (κ3) is 3.93. The van der Waals surface area contributed by atoms with Crippen molar-refractivity contribution >= 4 is 17.6 Å². The third-order valence-electron chi connectivity index (χ3n) is 2.72. The summed E-state index contributed by atoms with van der Waals surface area (Å²) >= 11 is 1.71. The summed E-state index contributed by atoms with van der Waals surface area (Å²) in [4.78, 5) is 10.1. The van der Waals surface area contributed by atoms with Crippen molar-refractivity contribution in [1.29, 1.82) is 0 Å². The molecule has 106 valence electrons. The van der Waals surface area contributed by atoms with Crippen LogP contribution in [0.4, 0.5) is 5.82 Å². The molecule has 5 nitrogen and oxygen atoms in total. The van der Waals surface area contributed by atoms with E-state index in [0.29, 0.717) is 18.2 Å². The number of hydrogen-bond donors (Lipinski definition) is 2. The molecule has 0 aliphatic carbocycles. The number of thioether (sulfide) groups is 1. The van der Waals surface area contributed by atoms with E-state index in [2.05, 4.69) is 34.5 Å². The van der Waals surface area contributed by atoms with Crippen LogP contribution in [0.2, 0.25) is 0 Å². The maximum atomic E-state index is 5.43. The molecule has 0 amide bonds. The lowest BCUT2D eigenvalue weighted by Crippen LogP contribution is -2.11. The van der Waals surface area contributed by atoms with Crippen molar-refractivity contribution < 1.29 is 4.74 Å². The fraction of sp³-hybridized carbons (Fsp3) is 0.286. The Labute approximate surface area is 122 Å². The molecule has 0 atom stereocenters. The number of ether oxygens (including phenoxy) is 1. The quantitative estimate of drug-likeness (QED) is 0.484. The van der Waals surface area contributed by atoms with E-state index in [1.165, 1.54) is 10.5 Å². The molecular weight excluding hydrogens is 272 g/mol. The predicted molar refractivity (Wildman–Crippen MR) is 81.3 cm³/mol. The molecule has 0 aliphatic heterocycles. The molecule has 3 N–H and O–H groups in total. The predicted octanol–water partition coefficient (Wildman–Crippen LogP) is 2.51. The first-order valence-electron chi connectivity index (χ1n) is 6.23. The van der Waals surface area contributed by atoms with Gasteiger partial charge in [0.2, 0.25) is 0 Å². The molecule has 0 fully saturated rings. The van der Waals surface area contributed by atoms with Gasteiger partial charge in [-0.3, -0.25) is 0 Å². The summed E-state index contributed by atoms with van der Waals surface area (Å²) < 4.78 is 5.10. The van der Waals surface area contributed by atoms with Gasteiger partial charge >= 0.3 is 0 Å². The Kier molecular flexibility index (Phi) is 5.34. The largest absolute Gasteiger partial charge is 0.378 e. The van der Waals surface area contributed by atoms with Gasteiger partial charge in [-0.1, -0.05) is 18.2 Å². The zero-order chi connectivity index (χ0) is 14.4. The van der Waals surface area contributed by atoms with Crippen molar-refractivity contribution in [2.24, 2.45) is 5.84 Å². The van der Waals surface area contributed by atoms with Crippen molar-refractivity contribution in [3.05, 3.63) is 47.4 Å². The van der Waals surface area contributed by atoms with Crippen LogP contribution in [0.25, 0.3) is 0 Å². The number of benzene rings is 1. The van der Waals surface area contributed by atoms with Crippen LogP contribution in [0.3, 0.4) is 0 Å². The second-order valence-corrected chi connectivity index (χ2v) is 5.31. The average Bonchev–Trinajstić information content (AvgIpc) is 2.46. The Balaban J connectivity index is 2.12. The topological polar surface area (TPSA) is 73.1 Å². The number of hydrogen-bond acceptors (Lipinski definition) is 6. The number of nitrogens with zero attached hydrogens (tertiary/aromatic N) is 2. The van der Waals surface area contributed by atoms with Gasteiger partial charge in [-0.05, 0) is 18.6 Å². The second-order valence-electron chi connectivity index (χ2n) is 4.29. The highest BCUT2D eigenvalue weighted by Gasteiger charge is 2.06. The number of anilines is 1. The maximum Gasteiger partial charge on any atom is 0.144 e. The molecule has 0 saturated carbocycles. The number of hydrazine groups is 1. The summed E-state index contributed by atoms with van der Waals surface area (Å²) in [6.07, 6.45) is 0. The molecule has 0 radical (unpaired) electrons. The molecule has 0 aliphatic rings. The normalized spacial score (nSPS) is 10.6. The van der Waals surface area contributed by atoms with Gasteiger partial charge in [0.1, 0.15) is 11.6 Å². The second kappa shape index (κ2) is 7.23. The zero-order valence-corrected chi connectivity index (χ0v) is 12.4. The van der Waals surface area contributed by atoms with Crippen LogP contribution in [-0.4, -0.2) is 17.1 Å². The minimum Gasteiger partial charge on any atom is -0.378 e. The maximum absolute atomic E-state index is 5.43. The van der Waals surface area contributed by atoms with Crippen molar-refractivity contribution in [2.45, 2.75) is 24.2 Å². The van der Waals surface area contributed by atoms with Gasteiger partial charge in [-0.25, -0.2) is 15.8 Å². The summed E-state index contributed by atoms with van der Waals surface area (Å²) in [5.41, 5.74) is 4.63. The Morgan fingerprint density at radius 2 is 2.10 bits per heavy atom. The van der Waals surface area contributed by atoms with E-state index in [4.69, 9.17) is 10.6 Å². The molecule has 0 unspecified atom stereocenters. The van der Waals surface area contributed by atoms with E-state index in [9.17, 15) is 0 Å². The van der Waals surface area contributed by atoms with Gasteiger partial charge in [0, 0.05) is 18.1 Å². The van der Waals surface area contributed by atoms with E-state index < -0.39 is 0 Å². The van der Waals surface area contributed by atoms with Gasteiger partial charge in [-0.15, -0.1) is 11.8 Å². The fourth-order valence-corrected chi connectivity index (χ4v) is 2.66. The Hall–Kier alpha value is -1.63. The minimum atomic E-state index is 0.444. The summed E-state index contributed by atoms with van der Waals surface area (Å²) in [6.45, 7) is 2.54. The number of nitrogen functional groups attached to an aromatic ring is 1. The molecule has 2 aromatic rings. The molecule has 1 heterocycles. The molecule has 6 heteroatoms. The summed E-state index contributed by atoms with van der Waals surface area (Å²) in [5.74, 6) is 7.46. The minimum absolute atomic E-state index is 0.444. The molecule has 2 rings (SSSR count). The van der Waals surface area contributed by atoms with Crippen LogP contribution >= 0.6 is 11.8 Å². The standard InChI is InChI=1S/C14H18N4OS/c1-10-5-3-4-6-12(10)20-9-14-16-11(8-19-2)7-13(17-14)18-15/h3-7H,8-9,15H2,1-2H3,(H,16,17,18). The first kappa shape index (κ1) is 14.8. The lowest BCUT2D eigenvalue weighted by molar-refractivity contribution is 0.181. The fourth-order valence-electron chi connectivity index (χ4n) is 1.77. The number of nitrogens with two attached hydrogens (primary N) is 1. The summed E-state index contributed by atoms with van der Waals surface area (Å²) in [6, 6.07) is 10.0. The third-order valence-corrected chi connectivity index (χ3v) is 3.89. The van der Waals surface area contributed by atoms with Crippen molar-refractivity contribution in [2.75, 3.05) is 12.5 Å². The highest BCUT2D eigenvalue weighted by molar-refractivity contribution is 7.98. The van der Waals surface area contributed by atoms with Crippen LogP contribution in [0.1, 0.15) is 17.1 Å². The zero-order valence-electron chi connectivity index (χ0n) is 11.6. The van der Waals surface area contributed by atoms with Crippen molar-refractivity contribution in [3.8, 4) is 0 Å². The van der Waals surface area contributed by atoms with Crippen LogP contribution < -0.4 is 11.3 Å². The van der Waals surface area contributed by atoms with Gasteiger partial charge < -0.3 is 10.2 Å². The number of aromatic nitrogens is 2. The lowest BCUT2D eigenvalue weighted by Gasteiger charge is -2.08. The first-order chi connectivity index (χ1) is 9.72. The molecule has 0 bridgehead atoms. The van der Waals surface area contributed by atoms with Crippen LogP contribution in [0.15, 0.2) is 35.2 Å². The number of rotatable bonds is 6. The summed E-state index contributed by atoms with van der Waals surface area (Å²) in [5, 5.41) is 0. The molecule has 0 saturated heterocycles. The first-order valence-corrected chi connectivity index (χ1v) is 7.22. The number of aryl methyl sites for hydroxylation is 1. The molecule has 1 aromatic heterocycles. The molecular formula is C14H18N4OS. The lowest BCUT2D eigenvalue weighted by atomic mass is 10.2. The number of methoxy groups -OCH3 is 1. The van der Waals surface area contributed by atoms with E-state index >= 15 is 0 Å². The highest BCUT2D eigenvalue weighted by atomic mass is 32.2. The smallest absolute Gasteiger partial charge is 0.144 e. The van der Waals surface area contributed by atoms with Crippen LogP contribution in [-0.2, 0) is 17.1 Å². The average molecular weight is 290 g/mol. The molecule has 1 aromatic carbocycles. The van der Waals surface area contributed by atoms with Gasteiger partial charge in [0.25, 0.3) is 0 Å². The van der Waals surface area contributed by atoms with E-state index in [-0.39, 0.29) is 0 Å². The van der Waals surface area contributed by atoms with Gasteiger partial charge in [0.05, 0.1) is 18.1 Å². The Bertz CT molecular complexity index is 577. The van der Waals surface area contributed by atoms with E-state index in [1.807, 2.05) is 12.1 Å². The monoisotopic (exact) mass is 290 g/mol. The Morgan fingerprint density at radius 3 is 2.80 bits per heavy atom. The van der Waals surface area contributed by atoms with Crippen molar-refractivity contribution in [3.63, 3.8) is 0 Å². The summed E-state index contributed by atoms with van der Waals surface area (Å²) in [7, 11) is 1.64. The number of nitrogens with one attached hydrogen (secondary N) is 1. The molecule has 20 heavy (non-hydrogen) atoms. The SMILES string of the molecule is COCc1cc(NN)nc(CSc2ccccc2C)n1. The van der Waals surface area contributed by atoms with Crippen LogP contribution in [0.5, 0.6) is 0 Å². The van der Waals surface area contributed by atoms with Crippen molar-refractivity contribution in [1.82, 2.24) is 9.97 Å². The van der Waals surface area contributed by atoms with Gasteiger partial charge in [0.15, 0.2) is 0 Å². The highest BCUT2D eigenvalue weighted by Crippen LogP contribution is 2.25. The molecule has 0 spiro atoms. The Morgan fingerprint density at radius 1 is 1.30 bits per heavy atom. The van der Waals surface area contributed by atoms with E-state index in [1.54, 1.807) is 24.9 Å².